The molecule has 1 atom stereocenters. The van der Waals surface area contributed by atoms with Crippen LogP contribution < -0.4 is 21.5 Å². The zero-order valence-corrected chi connectivity index (χ0v) is 11.4. The molecule has 1 rings (SSSR count). The summed E-state index contributed by atoms with van der Waals surface area (Å²) in [5.41, 5.74) is 11.3. The van der Waals surface area contributed by atoms with E-state index >= 15 is 0 Å². The van der Waals surface area contributed by atoms with Crippen molar-refractivity contribution in [3.8, 4) is 5.75 Å². The zero-order valence-electron chi connectivity index (χ0n) is 10.6. The first-order valence-electron chi connectivity index (χ1n) is 5.48. The molecule has 2 amide bonds. The van der Waals surface area contributed by atoms with Crippen LogP contribution in [0, 0.1) is 0 Å². The van der Waals surface area contributed by atoms with E-state index in [2.05, 4.69) is 5.32 Å². The summed E-state index contributed by atoms with van der Waals surface area (Å²) < 4.78 is 5.15. The first-order valence-corrected chi connectivity index (χ1v) is 5.48. The number of nitrogens with two attached hydrogens (primary N) is 2. The van der Waals surface area contributed by atoms with Crippen LogP contribution in [0.3, 0.4) is 0 Å². The molecule has 0 aromatic heterocycles. The van der Waals surface area contributed by atoms with E-state index < -0.39 is 17.9 Å². The summed E-state index contributed by atoms with van der Waals surface area (Å²) in [6, 6.07) is 6.39. The second-order valence-electron chi connectivity index (χ2n) is 3.81. The zero-order chi connectivity index (χ0) is 13.5. The number of hydrogen-bond donors (Lipinski definition) is 3. The topological polar surface area (TPSA) is 107 Å². The Morgan fingerprint density at radius 3 is 2.58 bits per heavy atom. The third-order valence-corrected chi connectivity index (χ3v) is 2.40. The van der Waals surface area contributed by atoms with E-state index in [-0.39, 0.29) is 25.4 Å². The highest BCUT2D eigenvalue weighted by atomic mass is 35.5. The van der Waals surface area contributed by atoms with Crippen molar-refractivity contribution in [3.05, 3.63) is 29.8 Å². The van der Waals surface area contributed by atoms with Crippen molar-refractivity contribution in [2.75, 3.05) is 7.11 Å². The first-order chi connectivity index (χ1) is 8.54. The summed E-state index contributed by atoms with van der Waals surface area (Å²) in [5, 5.41) is 2.63. The van der Waals surface area contributed by atoms with E-state index in [4.69, 9.17) is 16.2 Å². The molecular formula is C12H18ClN3O3. The number of methoxy groups -OCH3 is 1. The Balaban J connectivity index is 0.00000324. The summed E-state index contributed by atoms with van der Waals surface area (Å²) in [4.78, 5) is 22.2. The molecule has 0 saturated heterocycles. The van der Waals surface area contributed by atoms with Crippen LogP contribution in [0.4, 0.5) is 0 Å². The van der Waals surface area contributed by atoms with Gasteiger partial charge in [0.2, 0.25) is 11.8 Å². The second kappa shape index (κ2) is 8.34. The van der Waals surface area contributed by atoms with Crippen LogP contribution in [-0.4, -0.2) is 25.0 Å². The Kier molecular flexibility index (Phi) is 7.55. The summed E-state index contributed by atoms with van der Waals surface area (Å²) in [6.07, 6.45) is -0.169. The van der Waals surface area contributed by atoms with Crippen LogP contribution in [0.25, 0.3) is 0 Å². The standard InChI is InChI=1S/C12H17N3O3.ClH/c1-18-10-5-3-2-4-8(10)7-15-12(17)9(13)6-11(14)16;/h2-5,9H,6-7,13H2,1H3,(H2,14,16)(H,15,17);1H. The van der Waals surface area contributed by atoms with Crippen LogP contribution >= 0.6 is 12.4 Å². The number of nitrogens with one attached hydrogen (secondary N) is 1. The van der Waals surface area contributed by atoms with Gasteiger partial charge in [-0.15, -0.1) is 12.4 Å². The quantitative estimate of drug-likeness (QED) is 0.681. The number of rotatable bonds is 6. The fourth-order valence-electron chi connectivity index (χ4n) is 1.47. The van der Waals surface area contributed by atoms with Crippen LogP contribution in [-0.2, 0) is 16.1 Å². The SMILES string of the molecule is COc1ccccc1CNC(=O)C(N)CC(N)=O.Cl. The molecule has 0 aliphatic rings. The van der Waals surface area contributed by atoms with Crippen LogP contribution in [0.5, 0.6) is 5.75 Å². The van der Waals surface area contributed by atoms with Crippen LogP contribution in [0.2, 0.25) is 0 Å². The predicted octanol–water partition coefficient (Wildman–Crippen LogP) is -0.0641. The highest BCUT2D eigenvalue weighted by molar-refractivity contribution is 5.87. The van der Waals surface area contributed by atoms with Crippen LogP contribution in [0.1, 0.15) is 12.0 Å². The van der Waals surface area contributed by atoms with Gasteiger partial charge < -0.3 is 21.5 Å². The first kappa shape index (κ1) is 17.2. The van der Waals surface area contributed by atoms with Gasteiger partial charge in [-0.05, 0) is 6.07 Å². The molecule has 1 unspecified atom stereocenters. The minimum Gasteiger partial charge on any atom is -0.496 e. The molecule has 0 spiro atoms. The van der Waals surface area contributed by atoms with E-state index in [0.29, 0.717) is 5.75 Å². The van der Waals surface area contributed by atoms with Gasteiger partial charge in [0.15, 0.2) is 0 Å². The highest BCUT2D eigenvalue weighted by Crippen LogP contribution is 2.16. The third kappa shape index (κ3) is 5.58. The van der Waals surface area contributed by atoms with Gasteiger partial charge in [0.05, 0.1) is 19.6 Å². The predicted molar refractivity (Wildman–Crippen MR) is 73.9 cm³/mol. The Morgan fingerprint density at radius 2 is 2.00 bits per heavy atom. The largest absolute Gasteiger partial charge is 0.496 e. The number of carbonyl (C=O) groups is 2. The maximum atomic E-state index is 11.6. The summed E-state index contributed by atoms with van der Waals surface area (Å²) in [7, 11) is 1.56. The second-order valence-corrected chi connectivity index (χ2v) is 3.81. The van der Waals surface area contributed by atoms with Crippen molar-refractivity contribution < 1.29 is 14.3 Å². The molecule has 7 heteroatoms. The van der Waals surface area contributed by atoms with Crippen molar-refractivity contribution in [1.82, 2.24) is 5.32 Å². The molecule has 0 fully saturated rings. The summed E-state index contributed by atoms with van der Waals surface area (Å²) in [5.74, 6) is -0.337. The minimum atomic E-state index is -0.919. The van der Waals surface area contributed by atoms with Crippen molar-refractivity contribution in [2.45, 2.75) is 19.0 Å². The Labute approximate surface area is 117 Å². The fourth-order valence-corrected chi connectivity index (χ4v) is 1.47. The Hall–Kier alpha value is -1.79. The van der Waals surface area contributed by atoms with Gasteiger partial charge in [-0.1, -0.05) is 18.2 Å². The molecule has 1 aromatic carbocycles. The van der Waals surface area contributed by atoms with E-state index in [1.165, 1.54) is 0 Å². The Morgan fingerprint density at radius 1 is 1.37 bits per heavy atom. The van der Waals surface area contributed by atoms with Gasteiger partial charge >= 0.3 is 0 Å². The molecule has 0 heterocycles. The minimum absolute atomic E-state index is 0. The number of benzene rings is 1. The molecule has 0 aliphatic heterocycles. The van der Waals surface area contributed by atoms with Crippen molar-refractivity contribution in [2.24, 2.45) is 11.5 Å². The molecule has 0 bridgehead atoms. The molecule has 0 saturated carbocycles. The Bertz CT molecular complexity index is 440. The number of carbonyl (C=O) groups excluding carboxylic acids is 2. The lowest BCUT2D eigenvalue weighted by molar-refractivity contribution is -0.126. The van der Waals surface area contributed by atoms with Gasteiger partial charge in [0, 0.05) is 12.1 Å². The number of ether oxygens (including phenoxy) is 1. The third-order valence-electron chi connectivity index (χ3n) is 2.40. The maximum Gasteiger partial charge on any atom is 0.237 e. The van der Waals surface area contributed by atoms with E-state index in [1.54, 1.807) is 13.2 Å². The number of hydrogen-bond acceptors (Lipinski definition) is 4. The summed E-state index contributed by atoms with van der Waals surface area (Å²) in [6.45, 7) is 0.287. The average molecular weight is 288 g/mol. The molecule has 19 heavy (non-hydrogen) atoms. The monoisotopic (exact) mass is 287 g/mol. The molecular weight excluding hydrogens is 270 g/mol. The van der Waals surface area contributed by atoms with Gasteiger partial charge in [0.1, 0.15) is 5.75 Å². The smallest absolute Gasteiger partial charge is 0.237 e. The maximum absolute atomic E-state index is 11.6. The molecule has 5 N–H and O–H groups in total. The van der Waals surface area contributed by atoms with E-state index in [9.17, 15) is 9.59 Å². The highest BCUT2D eigenvalue weighted by Gasteiger charge is 2.15. The average Bonchev–Trinajstić information content (AvgIpc) is 2.35. The normalized spacial score (nSPS) is 11.1. The fraction of sp³-hybridized carbons (Fsp3) is 0.333. The molecule has 106 valence electrons. The molecule has 0 radical (unpaired) electrons. The summed E-state index contributed by atoms with van der Waals surface area (Å²) >= 11 is 0. The van der Waals surface area contributed by atoms with E-state index in [1.807, 2.05) is 18.2 Å². The number of primary amides is 1. The van der Waals surface area contributed by atoms with Crippen molar-refractivity contribution in [1.29, 1.82) is 0 Å². The van der Waals surface area contributed by atoms with Gasteiger partial charge in [-0.25, -0.2) is 0 Å². The molecule has 6 nitrogen and oxygen atoms in total. The van der Waals surface area contributed by atoms with E-state index in [0.717, 1.165) is 5.56 Å². The lowest BCUT2D eigenvalue weighted by atomic mass is 10.1. The number of amides is 2. The number of para-hydroxylation sites is 1. The van der Waals surface area contributed by atoms with Gasteiger partial charge in [-0.3, -0.25) is 9.59 Å². The van der Waals surface area contributed by atoms with Gasteiger partial charge in [0.25, 0.3) is 0 Å². The molecule has 0 aliphatic carbocycles. The lowest BCUT2D eigenvalue weighted by Crippen LogP contribution is -2.42. The van der Waals surface area contributed by atoms with Crippen molar-refractivity contribution in [3.63, 3.8) is 0 Å². The van der Waals surface area contributed by atoms with Crippen LogP contribution in [0.15, 0.2) is 24.3 Å². The van der Waals surface area contributed by atoms with Crippen molar-refractivity contribution >= 4 is 24.2 Å². The lowest BCUT2D eigenvalue weighted by Gasteiger charge is -2.12. The number of halogens is 1. The molecule has 1 aromatic rings. The van der Waals surface area contributed by atoms with Gasteiger partial charge in [-0.2, -0.15) is 0 Å².